The van der Waals surface area contributed by atoms with E-state index in [2.05, 4.69) is 15.3 Å². The smallest absolute Gasteiger partial charge is 0.421 e. The van der Waals surface area contributed by atoms with Crippen molar-refractivity contribution in [3.05, 3.63) is 94.9 Å². The van der Waals surface area contributed by atoms with Crippen LogP contribution in [0.3, 0.4) is 0 Å². The molecule has 0 unspecified atom stereocenters. The molecule has 12 heteroatoms. The highest BCUT2D eigenvalue weighted by Crippen LogP contribution is 2.38. The fraction of sp³-hybridized carbons (Fsp3) is 0.222. The van der Waals surface area contributed by atoms with E-state index in [0.29, 0.717) is 5.56 Å². The number of halogens is 3. The molecule has 0 spiro atoms. The third kappa shape index (κ3) is 6.22. The number of aromatic carboxylic acids is 1. The summed E-state index contributed by atoms with van der Waals surface area (Å²) in [5.41, 5.74) is 0.133. The van der Waals surface area contributed by atoms with Gasteiger partial charge in [-0.25, -0.2) is 14.5 Å². The number of nitrogens with zero attached hydrogens (tertiary/aromatic N) is 5. The van der Waals surface area contributed by atoms with Gasteiger partial charge in [-0.05, 0) is 62.7 Å². The Kier molecular flexibility index (Phi) is 7.65. The van der Waals surface area contributed by atoms with E-state index in [1.165, 1.54) is 40.3 Å². The Labute approximate surface area is 221 Å². The van der Waals surface area contributed by atoms with Gasteiger partial charge in [-0.3, -0.25) is 4.79 Å². The minimum absolute atomic E-state index is 0.00820. The Morgan fingerprint density at radius 1 is 1.10 bits per heavy atom. The Morgan fingerprint density at radius 2 is 1.82 bits per heavy atom. The Hall–Kier alpha value is -4.74. The van der Waals surface area contributed by atoms with Crippen molar-refractivity contribution in [2.75, 3.05) is 4.90 Å². The topological polar surface area (TPSA) is 110 Å². The SMILES string of the molecule is Cc1ccc(C(=O)N(c2ccc(Oc3ncc(Cn4ccnn4)cc3C(F)(F)F)cc2C(=O)O)C(C)C)cc1. The van der Waals surface area contributed by atoms with Gasteiger partial charge in [0.1, 0.15) is 11.3 Å². The van der Waals surface area contributed by atoms with Crippen molar-refractivity contribution in [2.24, 2.45) is 0 Å². The fourth-order valence-electron chi connectivity index (χ4n) is 3.90. The Morgan fingerprint density at radius 3 is 2.41 bits per heavy atom. The molecule has 202 valence electrons. The maximum atomic E-state index is 13.9. The first-order chi connectivity index (χ1) is 18.4. The molecule has 0 atom stereocenters. The number of carbonyl (C=O) groups excluding carboxylic acids is 1. The molecule has 0 saturated heterocycles. The van der Waals surface area contributed by atoms with Crippen molar-refractivity contribution in [2.45, 2.75) is 39.5 Å². The number of carbonyl (C=O) groups is 2. The van der Waals surface area contributed by atoms with Crippen LogP contribution in [0.5, 0.6) is 11.6 Å². The molecule has 0 aliphatic carbocycles. The number of aryl methyl sites for hydroxylation is 1. The molecule has 39 heavy (non-hydrogen) atoms. The zero-order valence-corrected chi connectivity index (χ0v) is 21.2. The van der Waals surface area contributed by atoms with Crippen LogP contribution in [0, 0.1) is 6.92 Å². The second-order valence-electron chi connectivity index (χ2n) is 9.02. The third-order valence-corrected chi connectivity index (χ3v) is 5.74. The van der Waals surface area contributed by atoms with Gasteiger partial charge in [-0.2, -0.15) is 13.2 Å². The van der Waals surface area contributed by atoms with E-state index in [1.54, 1.807) is 38.1 Å². The first-order valence-corrected chi connectivity index (χ1v) is 11.8. The van der Waals surface area contributed by atoms with Crippen LogP contribution in [0.4, 0.5) is 18.9 Å². The fourth-order valence-corrected chi connectivity index (χ4v) is 3.90. The van der Waals surface area contributed by atoms with Gasteiger partial charge in [-0.1, -0.05) is 22.9 Å². The predicted octanol–water partition coefficient (Wildman–Crippen LogP) is 5.59. The molecule has 0 aliphatic rings. The van der Waals surface area contributed by atoms with Gasteiger partial charge in [-0.15, -0.1) is 5.10 Å². The molecule has 2 aromatic heterocycles. The molecule has 0 bridgehead atoms. The molecule has 9 nitrogen and oxygen atoms in total. The van der Waals surface area contributed by atoms with Crippen molar-refractivity contribution < 1.29 is 32.6 Å². The van der Waals surface area contributed by atoms with E-state index >= 15 is 0 Å². The number of aromatic nitrogens is 4. The number of carboxylic acid groups (broad SMARTS) is 1. The van der Waals surface area contributed by atoms with Crippen LogP contribution in [-0.2, 0) is 12.7 Å². The number of hydrogen-bond donors (Lipinski definition) is 1. The summed E-state index contributed by atoms with van der Waals surface area (Å²) in [6.45, 7) is 5.33. The number of alkyl halides is 3. The van der Waals surface area contributed by atoms with E-state index < -0.39 is 35.5 Å². The lowest BCUT2D eigenvalue weighted by molar-refractivity contribution is -0.138. The summed E-state index contributed by atoms with van der Waals surface area (Å²) in [4.78, 5) is 30.6. The van der Waals surface area contributed by atoms with Crippen molar-refractivity contribution >= 4 is 17.6 Å². The van der Waals surface area contributed by atoms with Gasteiger partial charge in [0.2, 0.25) is 5.88 Å². The lowest BCUT2D eigenvalue weighted by Crippen LogP contribution is -2.38. The first kappa shape index (κ1) is 27.3. The molecule has 1 N–H and O–H groups in total. The van der Waals surface area contributed by atoms with Crippen LogP contribution in [0.15, 0.2) is 67.1 Å². The lowest BCUT2D eigenvalue weighted by Gasteiger charge is -2.28. The molecular weight excluding hydrogens is 515 g/mol. The maximum absolute atomic E-state index is 13.9. The number of hydrogen-bond acceptors (Lipinski definition) is 6. The quantitative estimate of drug-likeness (QED) is 0.311. The van der Waals surface area contributed by atoms with Gasteiger partial charge in [0, 0.05) is 24.0 Å². The standard InChI is InChI=1S/C27H24F3N5O4/c1-16(2)35(25(36)19-6-4-17(3)5-7-19)23-9-8-20(13-21(23)26(37)38)39-24-22(27(28,29)30)12-18(14-31-24)15-34-11-10-32-33-34/h4-14,16H,15H2,1-3H3,(H,37,38). The lowest BCUT2D eigenvalue weighted by atomic mass is 10.1. The Bertz CT molecular complexity index is 1490. The molecule has 4 aromatic rings. The van der Waals surface area contributed by atoms with Crippen LogP contribution in [0.25, 0.3) is 0 Å². The van der Waals surface area contributed by atoms with Gasteiger partial charge < -0.3 is 14.7 Å². The van der Waals surface area contributed by atoms with Gasteiger partial charge in [0.05, 0.1) is 24.0 Å². The highest BCUT2D eigenvalue weighted by Gasteiger charge is 2.36. The van der Waals surface area contributed by atoms with Crippen LogP contribution >= 0.6 is 0 Å². The number of ether oxygens (including phenoxy) is 1. The van der Waals surface area contributed by atoms with Crippen LogP contribution in [-0.4, -0.2) is 43.0 Å². The second kappa shape index (κ2) is 10.9. The molecule has 0 saturated carbocycles. The first-order valence-electron chi connectivity index (χ1n) is 11.8. The summed E-state index contributed by atoms with van der Waals surface area (Å²) >= 11 is 0. The molecule has 2 heterocycles. The largest absolute Gasteiger partial charge is 0.478 e. The van der Waals surface area contributed by atoms with Crippen LogP contribution < -0.4 is 9.64 Å². The summed E-state index contributed by atoms with van der Waals surface area (Å²) in [7, 11) is 0. The average Bonchev–Trinajstić information content (AvgIpc) is 3.38. The predicted molar refractivity (Wildman–Crippen MR) is 135 cm³/mol. The van der Waals surface area contributed by atoms with E-state index in [0.717, 1.165) is 17.7 Å². The Balaban J connectivity index is 1.69. The number of anilines is 1. The monoisotopic (exact) mass is 539 g/mol. The number of amides is 1. The molecular formula is C27H24F3N5O4. The number of benzene rings is 2. The van der Waals surface area contributed by atoms with Gasteiger partial charge >= 0.3 is 12.1 Å². The zero-order chi connectivity index (χ0) is 28.3. The minimum atomic E-state index is -4.80. The molecule has 0 aliphatic heterocycles. The van der Waals surface area contributed by atoms with E-state index in [4.69, 9.17) is 4.74 Å². The highest BCUT2D eigenvalue weighted by molar-refractivity contribution is 6.09. The van der Waals surface area contributed by atoms with Gasteiger partial charge in [0.15, 0.2) is 0 Å². The van der Waals surface area contributed by atoms with E-state index in [-0.39, 0.29) is 29.1 Å². The molecule has 1 amide bonds. The normalized spacial score (nSPS) is 11.5. The highest BCUT2D eigenvalue weighted by atomic mass is 19.4. The van der Waals surface area contributed by atoms with Crippen molar-refractivity contribution in [3.63, 3.8) is 0 Å². The summed E-state index contributed by atoms with van der Waals surface area (Å²) in [5, 5.41) is 17.3. The van der Waals surface area contributed by atoms with Crippen molar-refractivity contribution in [3.8, 4) is 11.6 Å². The number of carboxylic acids is 1. The summed E-state index contributed by atoms with van der Waals surface area (Å²) in [5.74, 6) is -2.75. The summed E-state index contributed by atoms with van der Waals surface area (Å²) in [6.07, 6.45) is -0.699. The van der Waals surface area contributed by atoms with E-state index in [1.807, 2.05) is 6.92 Å². The van der Waals surface area contributed by atoms with E-state index in [9.17, 15) is 27.9 Å². The summed E-state index contributed by atoms with van der Waals surface area (Å²) in [6, 6.07) is 11.0. The van der Waals surface area contributed by atoms with Crippen LogP contribution in [0.2, 0.25) is 0 Å². The number of rotatable bonds is 8. The molecule has 2 aromatic carbocycles. The van der Waals surface area contributed by atoms with Crippen molar-refractivity contribution in [1.82, 2.24) is 20.0 Å². The molecule has 0 fully saturated rings. The van der Waals surface area contributed by atoms with Crippen molar-refractivity contribution in [1.29, 1.82) is 0 Å². The second-order valence-corrected chi connectivity index (χ2v) is 9.02. The third-order valence-electron chi connectivity index (χ3n) is 5.74. The molecule has 0 radical (unpaired) electrons. The van der Waals surface area contributed by atoms with Crippen LogP contribution in [0.1, 0.15) is 51.3 Å². The van der Waals surface area contributed by atoms with Gasteiger partial charge in [0.25, 0.3) is 5.91 Å². The molecule has 4 rings (SSSR count). The number of pyridine rings is 1. The average molecular weight is 540 g/mol. The zero-order valence-electron chi connectivity index (χ0n) is 21.2. The summed E-state index contributed by atoms with van der Waals surface area (Å²) < 4.78 is 48.4. The minimum Gasteiger partial charge on any atom is -0.478 e. The maximum Gasteiger partial charge on any atom is 0.421 e.